The number of para-hydroxylation sites is 1. The number of fused-ring (bicyclic) bond motifs is 2. The Hall–Kier alpha value is -3.22. The summed E-state index contributed by atoms with van der Waals surface area (Å²) in [6.45, 7) is 0.649. The zero-order chi connectivity index (χ0) is 18.4. The standard InChI is InChI=1S/C20H18FN5O/c21-12-8-9-15-16(11-12)23-19(22-15)17-7-3-4-10-26(17)20(27)18-13-5-1-2-6-14(13)24-25-18/h1-2,5-6,8-9,11,17H,3-4,7,10H2,(H,22,23)(H,24,25)/t17-/m1/s1. The summed E-state index contributed by atoms with van der Waals surface area (Å²) in [7, 11) is 0. The first kappa shape index (κ1) is 16.0. The van der Waals surface area contributed by atoms with E-state index in [1.807, 2.05) is 29.2 Å². The predicted molar refractivity (Wildman–Crippen MR) is 99.8 cm³/mol. The van der Waals surface area contributed by atoms with E-state index in [1.54, 1.807) is 6.07 Å². The Labute approximate surface area is 154 Å². The molecular formula is C20H18FN5O. The predicted octanol–water partition coefficient (Wildman–Crippen LogP) is 3.95. The highest BCUT2D eigenvalue weighted by atomic mass is 19.1. The molecular weight excluding hydrogens is 345 g/mol. The van der Waals surface area contributed by atoms with Crippen LogP contribution in [0.15, 0.2) is 42.5 Å². The highest BCUT2D eigenvalue weighted by molar-refractivity contribution is 6.04. The normalized spacial score (nSPS) is 17.7. The van der Waals surface area contributed by atoms with Gasteiger partial charge in [-0.2, -0.15) is 5.10 Å². The number of carbonyl (C=O) groups is 1. The van der Waals surface area contributed by atoms with Gasteiger partial charge in [0.2, 0.25) is 0 Å². The highest BCUT2D eigenvalue weighted by Crippen LogP contribution is 2.32. The van der Waals surface area contributed by atoms with E-state index in [0.29, 0.717) is 29.1 Å². The van der Waals surface area contributed by atoms with Crippen LogP contribution in [0.2, 0.25) is 0 Å². The van der Waals surface area contributed by atoms with Gasteiger partial charge in [0, 0.05) is 11.9 Å². The van der Waals surface area contributed by atoms with Crippen LogP contribution in [0.4, 0.5) is 4.39 Å². The molecule has 2 aromatic heterocycles. The molecule has 1 aliphatic rings. The van der Waals surface area contributed by atoms with Crippen LogP contribution >= 0.6 is 0 Å². The van der Waals surface area contributed by atoms with E-state index in [1.165, 1.54) is 12.1 Å². The second-order valence-corrected chi connectivity index (χ2v) is 6.91. The maximum atomic E-state index is 13.5. The van der Waals surface area contributed by atoms with Crippen LogP contribution in [0.1, 0.15) is 41.6 Å². The van der Waals surface area contributed by atoms with Crippen molar-refractivity contribution >= 4 is 27.8 Å². The number of likely N-dealkylation sites (tertiary alicyclic amines) is 1. The molecule has 0 saturated carbocycles. The lowest BCUT2D eigenvalue weighted by molar-refractivity contribution is 0.0597. The van der Waals surface area contributed by atoms with Gasteiger partial charge in [0.05, 0.1) is 22.6 Å². The molecule has 1 atom stereocenters. The summed E-state index contributed by atoms with van der Waals surface area (Å²) in [5, 5.41) is 8.00. The molecule has 2 N–H and O–H groups in total. The SMILES string of the molecule is O=C(c1n[nH]c2ccccc12)N1CCCC[C@@H]1c1nc2ccc(F)cc2[nH]1. The van der Waals surface area contributed by atoms with E-state index in [4.69, 9.17) is 0 Å². The largest absolute Gasteiger partial charge is 0.340 e. The number of halogens is 1. The maximum Gasteiger partial charge on any atom is 0.275 e. The van der Waals surface area contributed by atoms with Crippen molar-refractivity contribution in [1.29, 1.82) is 0 Å². The number of rotatable bonds is 2. The third-order valence-corrected chi connectivity index (χ3v) is 5.21. The minimum atomic E-state index is -0.308. The summed E-state index contributed by atoms with van der Waals surface area (Å²) in [6.07, 6.45) is 2.77. The number of aromatic nitrogens is 4. The molecule has 1 amide bonds. The summed E-state index contributed by atoms with van der Waals surface area (Å²) in [5.41, 5.74) is 2.62. The number of nitrogens with zero attached hydrogens (tertiary/aromatic N) is 3. The second kappa shape index (κ2) is 6.19. The first-order chi connectivity index (χ1) is 13.2. The highest BCUT2D eigenvalue weighted by Gasteiger charge is 2.32. The number of imidazole rings is 1. The molecule has 0 unspecified atom stereocenters. The number of piperidine rings is 1. The molecule has 136 valence electrons. The number of amides is 1. The lowest BCUT2D eigenvalue weighted by Crippen LogP contribution is -2.39. The number of H-pyrrole nitrogens is 2. The zero-order valence-corrected chi connectivity index (χ0v) is 14.6. The minimum absolute atomic E-state index is 0.108. The van der Waals surface area contributed by atoms with Gasteiger partial charge in [0.25, 0.3) is 5.91 Å². The van der Waals surface area contributed by atoms with Crippen LogP contribution in [0.3, 0.4) is 0 Å². The maximum absolute atomic E-state index is 13.5. The average molecular weight is 363 g/mol. The van der Waals surface area contributed by atoms with Crippen LogP contribution in [0, 0.1) is 5.82 Å². The summed E-state index contributed by atoms with van der Waals surface area (Å²) in [6, 6.07) is 11.9. The number of hydrogen-bond acceptors (Lipinski definition) is 3. The molecule has 3 heterocycles. The van der Waals surface area contributed by atoms with Crippen LogP contribution in [0.5, 0.6) is 0 Å². The van der Waals surface area contributed by atoms with Gasteiger partial charge >= 0.3 is 0 Å². The van der Waals surface area contributed by atoms with Gasteiger partial charge in [-0.3, -0.25) is 9.89 Å². The van der Waals surface area contributed by atoms with Gasteiger partial charge in [-0.15, -0.1) is 0 Å². The summed E-state index contributed by atoms with van der Waals surface area (Å²) < 4.78 is 13.5. The first-order valence-electron chi connectivity index (χ1n) is 9.10. The fraction of sp³-hybridized carbons (Fsp3) is 0.250. The van der Waals surface area contributed by atoms with Crippen molar-refractivity contribution in [3.05, 3.63) is 59.8 Å². The van der Waals surface area contributed by atoms with Crippen LogP contribution in [-0.2, 0) is 0 Å². The van der Waals surface area contributed by atoms with Gasteiger partial charge in [-0.05, 0) is 43.5 Å². The fourth-order valence-corrected chi connectivity index (χ4v) is 3.88. The van der Waals surface area contributed by atoms with Gasteiger partial charge in [0.1, 0.15) is 11.6 Å². The van der Waals surface area contributed by atoms with Crippen molar-refractivity contribution in [3.8, 4) is 0 Å². The molecule has 2 aromatic carbocycles. The van der Waals surface area contributed by atoms with E-state index in [2.05, 4.69) is 20.2 Å². The zero-order valence-electron chi connectivity index (χ0n) is 14.6. The molecule has 0 aliphatic carbocycles. The van der Waals surface area contributed by atoms with E-state index in [9.17, 15) is 9.18 Å². The molecule has 0 radical (unpaired) electrons. The smallest absolute Gasteiger partial charge is 0.275 e. The molecule has 0 spiro atoms. The molecule has 1 saturated heterocycles. The second-order valence-electron chi connectivity index (χ2n) is 6.91. The molecule has 4 aromatic rings. The van der Waals surface area contributed by atoms with E-state index >= 15 is 0 Å². The Morgan fingerprint density at radius 2 is 2.04 bits per heavy atom. The van der Waals surface area contributed by atoms with Crippen molar-refractivity contribution in [2.75, 3.05) is 6.54 Å². The Kier molecular flexibility index (Phi) is 3.67. The Balaban J connectivity index is 1.54. The summed E-state index contributed by atoms with van der Waals surface area (Å²) >= 11 is 0. The Morgan fingerprint density at radius 1 is 1.15 bits per heavy atom. The third kappa shape index (κ3) is 2.66. The number of benzene rings is 2. The number of carbonyl (C=O) groups excluding carboxylic acids is 1. The number of aromatic amines is 2. The van der Waals surface area contributed by atoms with Crippen molar-refractivity contribution in [1.82, 2.24) is 25.1 Å². The van der Waals surface area contributed by atoms with Crippen molar-refractivity contribution < 1.29 is 9.18 Å². The van der Waals surface area contributed by atoms with Crippen LogP contribution < -0.4 is 0 Å². The molecule has 27 heavy (non-hydrogen) atoms. The average Bonchev–Trinajstić information content (AvgIpc) is 3.31. The minimum Gasteiger partial charge on any atom is -0.340 e. The number of nitrogens with one attached hydrogen (secondary N) is 2. The number of hydrogen-bond donors (Lipinski definition) is 2. The Bertz CT molecular complexity index is 1150. The third-order valence-electron chi connectivity index (χ3n) is 5.21. The van der Waals surface area contributed by atoms with Gasteiger partial charge < -0.3 is 9.88 Å². The molecule has 1 fully saturated rings. The lowest BCUT2D eigenvalue weighted by atomic mass is 10.0. The topological polar surface area (TPSA) is 77.7 Å². The van der Waals surface area contributed by atoms with Gasteiger partial charge in [-0.25, -0.2) is 9.37 Å². The quantitative estimate of drug-likeness (QED) is 0.566. The van der Waals surface area contributed by atoms with Crippen LogP contribution in [0.25, 0.3) is 21.9 Å². The van der Waals surface area contributed by atoms with Gasteiger partial charge in [-0.1, -0.05) is 18.2 Å². The van der Waals surface area contributed by atoms with E-state index in [-0.39, 0.29) is 17.8 Å². The van der Waals surface area contributed by atoms with E-state index in [0.717, 1.165) is 30.2 Å². The van der Waals surface area contributed by atoms with Crippen LogP contribution in [-0.4, -0.2) is 37.5 Å². The van der Waals surface area contributed by atoms with Crippen molar-refractivity contribution in [3.63, 3.8) is 0 Å². The lowest BCUT2D eigenvalue weighted by Gasteiger charge is -2.34. The fourth-order valence-electron chi connectivity index (χ4n) is 3.88. The molecule has 7 heteroatoms. The molecule has 6 nitrogen and oxygen atoms in total. The molecule has 0 bridgehead atoms. The van der Waals surface area contributed by atoms with Crippen molar-refractivity contribution in [2.45, 2.75) is 25.3 Å². The molecule has 5 rings (SSSR count). The van der Waals surface area contributed by atoms with Gasteiger partial charge in [0.15, 0.2) is 5.69 Å². The summed E-state index contributed by atoms with van der Waals surface area (Å²) in [4.78, 5) is 22.9. The van der Waals surface area contributed by atoms with Crippen molar-refractivity contribution in [2.24, 2.45) is 0 Å². The van der Waals surface area contributed by atoms with E-state index < -0.39 is 0 Å². The monoisotopic (exact) mass is 363 g/mol. The summed E-state index contributed by atoms with van der Waals surface area (Å²) in [5.74, 6) is 0.282. The first-order valence-corrected chi connectivity index (χ1v) is 9.10. The Morgan fingerprint density at radius 3 is 2.96 bits per heavy atom. The molecule has 1 aliphatic heterocycles.